The molecule has 0 aliphatic rings. The predicted molar refractivity (Wildman–Crippen MR) is 110 cm³/mol. The largest absolute Gasteiger partial charge is 0.347 e. The minimum atomic E-state index is -3.23. The highest BCUT2D eigenvalue weighted by Crippen LogP contribution is 2.35. The number of rotatable bonds is 4. The normalized spacial score (nSPS) is 11.7. The van der Waals surface area contributed by atoms with Gasteiger partial charge in [0.1, 0.15) is 4.83 Å². The summed E-state index contributed by atoms with van der Waals surface area (Å²) in [5, 5.41) is 4.44. The van der Waals surface area contributed by atoms with Gasteiger partial charge in [0, 0.05) is 18.2 Å². The molecule has 2 aromatic heterocycles. The summed E-state index contributed by atoms with van der Waals surface area (Å²) < 4.78 is 23.0. The Morgan fingerprint density at radius 2 is 1.78 bits per heavy atom. The van der Waals surface area contributed by atoms with E-state index in [-0.39, 0.29) is 10.8 Å². The molecular formula is C19H19ClN2O3S2. The Kier molecular flexibility index (Phi) is 5.29. The second kappa shape index (κ2) is 7.22. The van der Waals surface area contributed by atoms with Crippen LogP contribution in [0.1, 0.15) is 32.1 Å². The second-order valence-corrected chi connectivity index (χ2v) is 9.86. The molecule has 0 saturated carbocycles. The average Bonchev–Trinajstić information content (AvgIpc) is 2.93. The van der Waals surface area contributed by atoms with Crippen molar-refractivity contribution in [2.75, 3.05) is 6.26 Å². The van der Waals surface area contributed by atoms with Crippen LogP contribution < -0.4 is 5.32 Å². The molecule has 0 bridgehead atoms. The number of nitrogens with zero attached hydrogens (tertiary/aromatic N) is 1. The Labute approximate surface area is 167 Å². The van der Waals surface area contributed by atoms with Crippen LogP contribution in [0.3, 0.4) is 0 Å². The van der Waals surface area contributed by atoms with E-state index in [0.717, 1.165) is 38.9 Å². The first-order valence-electron chi connectivity index (χ1n) is 8.22. The summed E-state index contributed by atoms with van der Waals surface area (Å²) in [5.41, 5.74) is 3.37. The van der Waals surface area contributed by atoms with Crippen LogP contribution >= 0.6 is 22.9 Å². The van der Waals surface area contributed by atoms with Gasteiger partial charge in [-0.2, -0.15) is 0 Å². The molecule has 3 aromatic rings. The van der Waals surface area contributed by atoms with Crippen LogP contribution in [-0.4, -0.2) is 25.6 Å². The fourth-order valence-corrected chi connectivity index (χ4v) is 4.91. The summed E-state index contributed by atoms with van der Waals surface area (Å²) in [7, 11) is -3.23. The number of hydrogen-bond donors (Lipinski definition) is 1. The predicted octanol–water partition coefficient (Wildman–Crippen LogP) is 4.21. The van der Waals surface area contributed by atoms with Gasteiger partial charge in [-0.1, -0.05) is 23.7 Å². The summed E-state index contributed by atoms with van der Waals surface area (Å²) in [6.45, 7) is 5.99. The number of halogens is 1. The second-order valence-electron chi connectivity index (χ2n) is 6.47. The van der Waals surface area contributed by atoms with Gasteiger partial charge in [-0.15, -0.1) is 11.3 Å². The maximum Gasteiger partial charge on any atom is 0.261 e. The highest BCUT2D eigenvalue weighted by molar-refractivity contribution is 7.90. The number of benzene rings is 1. The first kappa shape index (κ1) is 19.8. The van der Waals surface area contributed by atoms with Gasteiger partial charge in [-0.25, -0.2) is 13.4 Å². The van der Waals surface area contributed by atoms with Crippen LogP contribution in [0.25, 0.3) is 10.2 Å². The van der Waals surface area contributed by atoms with E-state index in [2.05, 4.69) is 10.3 Å². The van der Waals surface area contributed by atoms with Crippen molar-refractivity contribution >= 4 is 48.9 Å². The van der Waals surface area contributed by atoms with Crippen LogP contribution in [0.15, 0.2) is 29.2 Å². The SMILES string of the molecule is Cc1nc2sc(C(=O)NCc3ccc(S(C)(=O)=O)cc3)c(C)c2c(C)c1Cl. The van der Waals surface area contributed by atoms with E-state index in [1.165, 1.54) is 11.3 Å². The zero-order valence-electron chi connectivity index (χ0n) is 15.4. The van der Waals surface area contributed by atoms with Crippen LogP contribution in [0.4, 0.5) is 0 Å². The van der Waals surface area contributed by atoms with Gasteiger partial charge in [-0.05, 0) is 49.6 Å². The molecule has 0 aliphatic carbocycles. The quantitative estimate of drug-likeness (QED) is 0.683. The first-order chi connectivity index (χ1) is 12.6. The molecule has 1 aromatic carbocycles. The molecule has 1 N–H and O–H groups in total. The standard InChI is InChI=1S/C19H19ClN2O3S2/c1-10-15-11(2)17(26-19(15)22-12(3)16(10)20)18(23)21-9-13-5-7-14(8-6-13)27(4,24)25/h5-8H,9H2,1-4H3,(H,21,23). The number of thiophene rings is 1. The summed E-state index contributed by atoms with van der Waals surface area (Å²) in [6.07, 6.45) is 1.16. The third-order valence-corrected chi connectivity index (χ3v) is 7.30. The topological polar surface area (TPSA) is 76.1 Å². The van der Waals surface area contributed by atoms with E-state index < -0.39 is 9.84 Å². The number of fused-ring (bicyclic) bond motifs is 1. The summed E-state index contributed by atoms with van der Waals surface area (Å²) in [4.78, 5) is 18.8. The minimum Gasteiger partial charge on any atom is -0.347 e. The van der Waals surface area contributed by atoms with E-state index in [9.17, 15) is 13.2 Å². The summed E-state index contributed by atoms with van der Waals surface area (Å²) in [6, 6.07) is 6.48. The molecule has 0 saturated heterocycles. The maximum atomic E-state index is 12.7. The molecule has 0 unspecified atom stereocenters. The van der Waals surface area contributed by atoms with Crippen molar-refractivity contribution in [2.24, 2.45) is 0 Å². The van der Waals surface area contributed by atoms with Gasteiger partial charge in [0.05, 0.1) is 20.5 Å². The fraction of sp³-hybridized carbons (Fsp3) is 0.263. The van der Waals surface area contributed by atoms with Gasteiger partial charge >= 0.3 is 0 Å². The number of amides is 1. The number of nitrogens with one attached hydrogen (secondary N) is 1. The third-order valence-electron chi connectivity index (χ3n) is 4.43. The molecule has 8 heteroatoms. The summed E-state index contributed by atoms with van der Waals surface area (Å²) in [5.74, 6) is -0.184. The molecule has 1 amide bonds. The zero-order valence-corrected chi connectivity index (χ0v) is 17.8. The van der Waals surface area contributed by atoms with Crippen molar-refractivity contribution in [3.63, 3.8) is 0 Å². The lowest BCUT2D eigenvalue weighted by Gasteiger charge is -2.06. The van der Waals surface area contributed by atoms with Gasteiger partial charge in [-0.3, -0.25) is 4.79 Å². The van der Waals surface area contributed by atoms with Crippen molar-refractivity contribution in [1.82, 2.24) is 10.3 Å². The van der Waals surface area contributed by atoms with Gasteiger partial charge in [0.25, 0.3) is 5.91 Å². The van der Waals surface area contributed by atoms with Crippen LogP contribution in [-0.2, 0) is 16.4 Å². The molecule has 0 radical (unpaired) electrons. The maximum absolute atomic E-state index is 12.7. The van der Waals surface area contributed by atoms with Crippen molar-refractivity contribution in [3.05, 3.63) is 56.5 Å². The van der Waals surface area contributed by atoms with E-state index in [1.54, 1.807) is 24.3 Å². The van der Waals surface area contributed by atoms with Crippen molar-refractivity contribution in [2.45, 2.75) is 32.2 Å². The van der Waals surface area contributed by atoms with Crippen LogP contribution in [0, 0.1) is 20.8 Å². The molecule has 0 atom stereocenters. The first-order valence-corrected chi connectivity index (χ1v) is 11.3. The zero-order chi connectivity index (χ0) is 19.9. The number of sulfone groups is 1. The van der Waals surface area contributed by atoms with Gasteiger partial charge < -0.3 is 5.32 Å². The van der Waals surface area contributed by atoms with E-state index >= 15 is 0 Å². The Morgan fingerprint density at radius 1 is 1.15 bits per heavy atom. The molecule has 27 heavy (non-hydrogen) atoms. The molecule has 0 spiro atoms. The highest BCUT2D eigenvalue weighted by Gasteiger charge is 2.19. The number of carbonyl (C=O) groups excluding carboxylic acids is 1. The Morgan fingerprint density at radius 3 is 2.37 bits per heavy atom. The molecule has 3 rings (SSSR count). The van der Waals surface area contributed by atoms with Gasteiger partial charge in [0.2, 0.25) is 0 Å². The highest BCUT2D eigenvalue weighted by atomic mass is 35.5. The lowest BCUT2D eigenvalue weighted by molar-refractivity contribution is 0.0954. The Bertz CT molecular complexity index is 1150. The lowest BCUT2D eigenvalue weighted by atomic mass is 10.1. The molecule has 0 fully saturated rings. The Hall–Kier alpha value is -1.96. The molecule has 2 heterocycles. The number of aryl methyl sites for hydroxylation is 3. The molecule has 5 nitrogen and oxygen atoms in total. The van der Waals surface area contributed by atoms with Crippen LogP contribution in [0.5, 0.6) is 0 Å². The van der Waals surface area contributed by atoms with Crippen molar-refractivity contribution in [3.8, 4) is 0 Å². The monoisotopic (exact) mass is 422 g/mol. The fourth-order valence-electron chi connectivity index (χ4n) is 2.93. The number of carbonyl (C=O) groups is 1. The minimum absolute atomic E-state index is 0.184. The van der Waals surface area contributed by atoms with Gasteiger partial charge in [0.15, 0.2) is 9.84 Å². The average molecular weight is 423 g/mol. The number of hydrogen-bond acceptors (Lipinski definition) is 5. The molecular weight excluding hydrogens is 404 g/mol. The van der Waals surface area contributed by atoms with E-state index in [1.807, 2.05) is 20.8 Å². The smallest absolute Gasteiger partial charge is 0.261 e. The molecule has 142 valence electrons. The van der Waals surface area contributed by atoms with E-state index in [0.29, 0.717) is 16.4 Å². The van der Waals surface area contributed by atoms with Crippen molar-refractivity contribution in [1.29, 1.82) is 0 Å². The third kappa shape index (κ3) is 3.85. The van der Waals surface area contributed by atoms with E-state index in [4.69, 9.17) is 11.6 Å². The van der Waals surface area contributed by atoms with Crippen LogP contribution in [0.2, 0.25) is 5.02 Å². The number of pyridine rings is 1. The molecule has 0 aliphatic heterocycles. The number of aromatic nitrogens is 1. The lowest BCUT2D eigenvalue weighted by Crippen LogP contribution is -2.22. The van der Waals surface area contributed by atoms with Crippen molar-refractivity contribution < 1.29 is 13.2 Å². The summed E-state index contributed by atoms with van der Waals surface area (Å²) >= 11 is 7.65. The Balaban J connectivity index is 1.83.